The van der Waals surface area contributed by atoms with Gasteiger partial charge >= 0.3 is 5.51 Å². The van der Waals surface area contributed by atoms with E-state index in [1.165, 1.54) is 18.3 Å². The van der Waals surface area contributed by atoms with Crippen LogP contribution >= 0.6 is 11.8 Å². The number of sulfonamides is 1. The van der Waals surface area contributed by atoms with Crippen LogP contribution in [0.15, 0.2) is 23.2 Å². The molecule has 0 amide bonds. The summed E-state index contributed by atoms with van der Waals surface area (Å²) >= 11 is -0.303. The third-order valence-electron chi connectivity index (χ3n) is 1.86. The largest absolute Gasteiger partial charge is 0.441 e. The molecule has 0 bridgehead atoms. The molecule has 108 valence electrons. The summed E-state index contributed by atoms with van der Waals surface area (Å²) in [7, 11) is -3.96. The molecule has 1 rings (SSSR count). The third-order valence-corrected chi connectivity index (χ3v) is 4.08. The Morgan fingerprint density at radius 3 is 2.68 bits per heavy atom. The number of thioether (sulfide) groups is 1. The molecule has 0 saturated carbocycles. The fourth-order valence-electron chi connectivity index (χ4n) is 1.14. The first-order valence-corrected chi connectivity index (χ1v) is 7.35. The lowest BCUT2D eigenvalue weighted by molar-refractivity contribution is -0.0327. The van der Waals surface area contributed by atoms with Crippen LogP contribution in [0.4, 0.5) is 19.0 Å². The quantitative estimate of drug-likeness (QED) is 0.410. The van der Waals surface area contributed by atoms with Gasteiger partial charge in [-0.05, 0) is 23.9 Å². The number of alkyl halides is 3. The molecule has 0 saturated heterocycles. The van der Waals surface area contributed by atoms with Crippen LogP contribution in [0.5, 0.6) is 0 Å². The van der Waals surface area contributed by atoms with Crippen molar-refractivity contribution in [2.24, 2.45) is 5.84 Å². The Balaban J connectivity index is 2.66. The van der Waals surface area contributed by atoms with Gasteiger partial charge in [0, 0.05) is 18.5 Å². The van der Waals surface area contributed by atoms with Crippen molar-refractivity contribution in [2.75, 3.05) is 17.7 Å². The minimum Gasteiger partial charge on any atom is -0.307 e. The molecule has 0 aromatic carbocycles. The first kappa shape index (κ1) is 16.0. The number of anilines is 1. The number of nitrogens with one attached hydrogen (secondary N) is 2. The minimum absolute atomic E-state index is 0.0847. The molecule has 11 heteroatoms. The number of rotatable bonds is 6. The Morgan fingerprint density at radius 2 is 2.11 bits per heavy atom. The van der Waals surface area contributed by atoms with Crippen molar-refractivity contribution in [3.05, 3.63) is 18.3 Å². The van der Waals surface area contributed by atoms with Crippen LogP contribution in [0, 0.1) is 0 Å². The first-order chi connectivity index (χ1) is 8.76. The average molecular weight is 316 g/mol. The second kappa shape index (κ2) is 6.41. The highest BCUT2D eigenvalue weighted by molar-refractivity contribution is 8.00. The van der Waals surface area contributed by atoms with Gasteiger partial charge in [-0.2, -0.15) is 13.2 Å². The summed E-state index contributed by atoms with van der Waals surface area (Å²) in [4.78, 5) is 3.46. The van der Waals surface area contributed by atoms with Crippen LogP contribution in [0.2, 0.25) is 0 Å². The minimum atomic E-state index is -4.39. The number of nitrogen functional groups attached to an aromatic ring is 1. The van der Waals surface area contributed by atoms with E-state index in [0.29, 0.717) is 0 Å². The molecule has 0 aliphatic heterocycles. The summed E-state index contributed by atoms with van der Waals surface area (Å²) < 4.78 is 61.2. The maximum Gasteiger partial charge on any atom is 0.441 e. The Bertz CT molecular complexity index is 521. The molecule has 4 N–H and O–H groups in total. The van der Waals surface area contributed by atoms with Gasteiger partial charge in [-0.3, -0.25) is 0 Å². The van der Waals surface area contributed by atoms with Gasteiger partial charge in [-0.15, -0.1) is 0 Å². The van der Waals surface area contributed by atoms with Crippen molar-refractivity contribution < 1.29 is 21.6 Å². The van der Waals surface area contributed by atoms with Crippen LogP contribution < -0.4 is 16.0 Å². The molecule has 6 nitrogen and oxygen atoms in total. The molecule has 0 aliphatic rings. The molecule has 19 heavy (non-hydrogen) atoms. The van der Waals surface area contributed by atoms with Gasteiger partial charge in [0.2, 0.25) is 10.0 Å². The highest BCUT2D eigenvalue weighted by atomic mass is 32.2. The average Bonchev–Trinajstić information content (AvgIpc) is 2.33. The standard InChI is InChI=1S/C8H11F3N4O2S2/c9-8(10,11)18-5-4-14-19(16,17)6-2-1-3-13-7(6)15-12/h1-3,14H,4-5,12H2,(H,13,15). The number of pyridine rings is 1. The van der Waals surface area contributed by atoms with E-state index in [4.69, 9.17) is 5.84 Å². The van der Waals surface area contributed by atoms with Crippen molar-refractivity contribution in [1.82, 2.24) is 9.71 Å². The molecule has 0 spiro atoms. The van der Waals surface area contributed by atoms with Gasteiger partial charge in [0.1, 0.15) is 4.90 Å². The number of hydrogen-bond acceptors (Lipinski definition) is 6. The number of hydrazine groups is 1. The molecule has 1 heterocycles. The number of nitrogens with two attached hydrogens (primary N) is 1. The Labute approximate surface area is 112 Å². The van der Waals surface area contributed by atoms with Crippen LogP contribution in [-0.4, -0.2) is 31.2 Å². The van der Waals surface area contributed by atoms with Crippen LogP contribution in [-0.2, 0) is 10.0 Å². The molecule has 0 fully saturated rings. The Morgan fingerprint density at radius 1 is 1.42 bits per heavy atom. The van der Waals surface area contributed by atoms with E-state index in [9.17, 15) is 21.6 Å². The zero-order chi connectivity index (χ0) is 14.5. The third kappa shape index (κ3) is 5.22. The number of hydrogen-bond donors (Lipinski definition) is 3. The predicted molar refractivity (Wildman–Crippen MR) is 65.7 cm³/mol. The summed E-state index contributed by atoms with van der Waals surface area (Å²) in [5, 5.41) is 0. The first-order valence-electron chi connectivity index (χ1n) is 4.88. The lowest BCUT2D eigenvalue weighted by Gasteiger charge is -2.10. The molecule has 1 aromatic rings. The molecule has 0 atom stereocenters. The molecular formula is C8H11F3N4O2S2. The highest BCUT2D eigenvalue weighted by Gasteiger charge is 2.28. The summed E-state index contributed by atoms with van der Waals surface area (Å²) in [5.74, 6) is 4.59. The van der Waals surface area contributed by atoms with E-state index in [-0.39, 0.29) is 29.0 Å². The molecular weight excluding hydrogens is 305 g/mol. The number of nitrogens with zero attached hydrogens (tertiary/aromatic N) is 1. The molecule has 1 aromatic heterocycles. The molecule has 0 radical (unpaired) electrons. The van der Waals surface area contributed by atoms with E-state index < -0.39 is 21.3 Å². The lowest BCUT2D eigenvalue weighted by Crippen LogP contribution is -2.28. The van der Waals surface area contributed by atoms with E-state index in [1.807, 2.05) is 4.72 Å². The van der Waals surface area contributed by atoms with Gasteiger partial charge in [0.25, 0.3) is 0 Å². The second-order valence-corrected chi connectivity index (χ2v) is 6.08. The maximum atomic E-state index is 11.9. The second-order valence-electron chi connectivity index (χ2n) is 3.19. The van der Waals surface area contributed by atoms with Crippen LogP contribution in [0.3, 0.4) is 0 Å². The highest BCUT2D eigenvalue weighted by Crippen LogP contribution is 2.29. The van der Waals surface area contributed by atoms with Gasteiger partial charge < -0.3 is 5.43 Å². The summed E-state index contributed by atoms with van der Waals surface area (Å²) in [6.45, 7) is -0.356. The van der Waals surface area contributed by atoms with Gasteiger partial charge in [-0.25, -0.2) is 24.0 Å². The van der Waals surface area contributed by atoms with E-state index in [0.717, 1.165) is 0 Å². The van der Waals surface area contributed by atoms with Gasteiger partial charge in [-0.1, -0.05) is 0 Å². The van der Waals surface area contributed by atoms with E-state index >= 15 is 0 Å². The Kier molecular flexibility index (Phi) is 5.40. The van der Waals surface area contributed by atoms with Crippen molar-refractivity contribution in [3.8, 4) is 0 Å². The zero-order valence-electron chi connectivity index (χ0n) is 9.44. The smallest absolute Gasteiger partial charge is 0.307 e. The van der Waals surface area contributed by atoms with Gasteiger partial charge in [0.15, 0.2) is 5.82 Å². The Hall–Kier alpha value is -1.04. The predicted octanol–water partition coefficient (Wildman–Crippen LogP) is 0.899. The van der Waals surface area contributed by atoms with E-state index in [1.54, 1.807) is 0 Å². The van der Waals surface area contributed by atoms with E-state index in [2.05, 4.69) is 10.4 Å². The fraction of sp³-hybridized carbons (Fsp3) is 0.375. The van der Waals surface area contributed by atoms with Crippen molar-refractivity contribution >= 4 is 27.6 Å². The SMILES string of the molecule is NNc1ncccc1S(=O)(=O)NCCSC(F)(F)F. The molecule has 0 unspecified atom stereocenters. The monoisotopic (exact) mass is 316 g/mol. The van der Waals surface area contributed by atoms with Gasteiger partial charge in [0.05, 0.1) is 0 Å². The zero-order valence-corrected chi connectivity index (χ0v) is 11.1. The van der Waals surface area contributed by atoms with Crippen molar-refractivity contribution in [1.29, 1.82) is 0 Å². The van der Waals surface area contributed by atoms with Crippen LogP contribution in [0.1, 0.15) is 0 Å². The lowest BCUT2D eigenvalue weighted by atomic mass is 10.5. The number of aromatic nitrogens is 1. The van der Waals surface area contributed by atoms with Crippen molar-refractivity contribution in [3.63, 3.8) is 0 Å². The maximum absolute atomic E-state index is 11.9. The summed E-state index contributed by atoms with van der Waals surface area (Å²) in [5.41, 5.74) is -2.28. The summed E-state index contributed by atoms with van der Waals surface area (Å²) in [6.07, 6.45) is 1.33. The van der Waals surface area contributed by atoms with Crippen LogP contribution in [0.25, 0.3) is 0 Å². The molecule has 0 aliphatic carbocycles. The summed E-state index contributed by atoms with van der Waals surface area (Å²) in [6, 6.07) is 2.61. The van der Waals surface area contributed by atoms with Crippen molar-refractivity contribution in [2.45, 2.75) is 10.4 Å². The topological polar surface area (TPSA) is 97.1 Å². The normalized spacial score (nSPS) is 12.4. The fourth-order valence-corrected chi connectivity index (χ4v) is 2.85. The number of halogens is 3.